The Hall–Kier alpha value is -4.96. The summed E-state index contributed by atoms with van der Waals surface area (Å²) in [5.41, 5.74) is 4.69. The Morgan fingerprint density at radius 2 is 1.57 bits per heavy atom. The second kappa shape index (κ2) is 9.49. The van der Waals surface area contributed by atoms with E-state index in [-0.39, 0.29) is 0 Å². The third-order valence-corrected chi connectivity index (χ3v) is 5.69. The average Bonchev–Trinajstić information content (AvgIpc) is 3.52. The maximum atomic E-state index is 10.1. The van der Waals surface area contributed by atoms with Crippen LogP contribution in [-0.4, -0.2) is 31.7 Å². The topological polar surface area (TPSA) is 81.6 Å². The van der Waals surface area contributed by atoms with E-state index in [9.17, 15) is 5.26 Å². The predicted molar refractivity (Wildman–Crippen MR) is 135 cm³/mol. The molecule has 0 radical (unpaired) electrons. The van der Waals surface area contributed by atoms with E-state index in [1.165, 1.54) is 0 Å². The summed E-state index contributed by atoms with van der Waals surface area (Å²) in [4.78, 5) is 0. The van der Waals surface area contributed by atoms with Crippen LogP contribution in [0.1, 0.15) is 11.4 Å². The Morgan fingerprint density at radius 1 is 0.886 bits per heavy atom. The third-order valence-electron chi connectivity index (χ3n) is 5.69. The number of hydrogen-bond acceptors (Lipinski definition) is 5. The molecule has 0 fully saturated rings. The molecule has 2 heterocycles. The van der Waals surface area contributed by atoms with E-state index in [0.29, 0.717) is 17.2 Å². The summed E-state index contributed by atoms with van der Waals surface area (Å²) in [6.07, 6.45) is 3.73. The molecule has 5 aromatic rings. The van der Waals surface area contributed by atoms with Crippen molar-refractivity contribution in [2.45, 2.75) is 0 Å². The van der Waals surface area contributed by atoms with Gasteiger partial charge in [0.15, 0.2) is 11.6 Å². The van der Waals surface area contributed by atoms with Crippen LogP contribution in [0.4, 0.5) is 0 Å². The summed E-state index contributed by atoms with van der Waals surface area (Å²) >= 11 is 0. The summed E-state index contributed by atoms with van der Waals surface area (Å²) in [7, 11) is 3.50. The minimum absolute atomic E-state index is 0.393. The zero-order valence-electron chi connectivity index (χ0n) is 19.3. The van der Waals surface area contributed by atoms with E-state index < -0.39 is 0 Å². The molecular formula is C28H22N6O. The van der Waals surface area contributed by atoms with Gasteiger partial charge >= 0.3 is 0 Å². The van der Waals surface area contributed by atoms with Crippen molar-refractivity contribution in [3.8, 4) is 40.2 Å². The molecule has 0 N–H and O–H groups in total. The number of benzene rings is 3. The van der Waals surface area contributed by atoms with Crippen LogP contribution in [-0.2, 0) is 7.05 Å². The summed E-state index contributed by atoms with van der Waals surface area (Å²) in [5.74, 6) is 1.94. The van der Waals surface area contributed by atoms with E-state index in [4.69, 9.17) is 9.84 Å². The van der Waals surface area contributed by atoms with Crippen LogP contribution in [0.15, 0.2) is 91.1 Å². The number of rotatable bonds is 6. The van der Waals surface area contributed by atoms with Crippen molar-refractivity contribution in [2.24, 2.45) is 7.05 Å². The first-order chi connectivity index (χ1) is 17.2. The van der Waals surface area contributed by atoms with Gasteiger partial charge in [-0.25, -0.2) is 4.68 Å². The van der Waals surface area contributed by atoms with Gasteiger partial charge < -0.3 is 9.30 Å². The number of ether oxygens (including phenoxy) is 1. The lowest BCUT2D eigenvalue weighted by Gasteiger charge is -2.04. The molecule has 0 aliphatic rings. The Bertz CT molecular complexity index is 1520. The monoisotopic (exact) mass is 458 g/mol. The quantitative estimate of drug-likeness (QED) is 0.318. The molecule has 0 saturated carbocycles. The van der Waals surface area contributed by atoms with Gasteiger partial charge in [0.05, 0.1) is 24.1 Å². The van der Waals surface area contributed by atoms with Gasteiger partial charge in [-0.2, -0.15) is 10.4 Å². The fraction of sp³-hybridized carbons (Fsp3) is 0.0714. The molecule has 0 amide bonds. The van der Waals surface area contributed by atoms with Crippen molar-refractivity contribution in [1.29, 1.82) is 5.26 Å². The van der Waals surface area contributed by atoms with E-state index in [0.717, 1.165) is 33.8 Å². The van der Waals surface area contributed by atoms with Crippen LogP contribution in [0.3, 0.4) is 0 Å². The van der Waals surface area contributed by atoms with Crippen LogP contribution < -0.4 is 4.74 Å². The van der Waals surface area contributed by atoms with Crippen LogP contribution in [0.5, 0.6) is 5.75 Å². The van der Waals surface area contributed by atoms with Gasteiger partial charge in [-0.05, 0) is 42.5 Å². The van der Waals surface area contributed by atoms with Crippen molar-refractivity contribution in [3.05, 3.63) is 103 Å². The van der Waals surface area contributed by atoms with Gasteiger partial charge in [0.25, 0.3) is 0 Å². The Labute approximate surface area is 203 Å². The lowest BCUT2D eigenvalue weighted by Crippen LogP contribution is -1.98. The van der Waals surface area contributed by atoms with Crippen molar-refractivity contribution >= 4 is 11.6 Å². The lowest BCUT2D eigenvalue weighted by molar-refractivity contribution is 0.415. The van der Waals surface area contributed by atoms with Crippen LogP contribution in [0, 0.1) is 11.3 Å². The highest BCUT2D eigenvalue weighted by molar-refractivity contribution is 5.90. The first kappa shape index (κ1) is 21.9. The number of methoxy groups -OCH3 is 1. The van der Waals surface area contributed by atoms with E-state index in [2.05, 4.69) is 16.3 Å². The van der Waals surface area contributed by atoms with Crippen molar-refractivity contribution in [2.75, 3.05) is 7.11 Å². The molecule has 5 rings (SSSR count). The summed E-state index contributed by atoms with van der Waals surface area (Å²) in [6.45, 7) is 0. The lowest BCUT2D eigenvalue weighted by atomic mass is 10.1. The van der Waals surface area contributed by atoms with Gasteiger partial charge in [0, 0.05) is 29.9 Å². The van der Waals surface area contributed by atoms with E-state index >= 15 is 0 Å². The standard InChI is InChI=1S/C28H22N6O/c1-33-27(21-9-5-3-6-10-21)30-31-28(33)22(18-29)17-23-19-34(24-11-7-4-8-12-24)32-26(23)20-13-15-25(35-2)16-14-20/h3-17,19H,1-2H3/b22-17-. The number of nitriles is 1. The minimum Gasteiger partial charge on any atom is -0.497 e. The summed E-state index contributed by atoms with van der Waals surface area (Å²) < 4.78 is 8.95. The van der Waals surface area contributed by atoms with Gasteiger partial charge in [0.1, 0.15) is 11.8 Å². The summed E-state index contributed by atoms with van der Waals surface area (Å²) in [5, 5.41) is 23.6. The smallest absolute Gasteiger partial charge is 0.174 e. The molecule has 3 aromatic carbocycles. The normalized spacial score (nSPS) is 11.3. The Balaban J connectivity index is 1.62. The molecule has 7 nitrogen and oxygen atoms in total. The van der Waals surface area contributed by atoms with Crippen LogP contribution >= 0.6 is 0 Å². The molecule has 0 aliphatic carbocycles. The molecule has 0 saturated heterocycles. The first-order valence-corrected chi connectivity index (χ1v) is 11.0. The SMILES string of the molecule is COc1ccc(-c2nn(-c3ccccc3)cc2/C=C(/C#N)c2nnc(-c3ccccc3)n2C)cc1. The van der Waals surface area contributed by atoms with Gasteiger partial charge in [0.2, 0.25) is 0 Å². The van der Waals surface area contributed by atoms with Crippen molar-refractivity contribution < 1.29 is 4.74 Å². The van der Waals surface area contributed by atoms with Crippen molar-refractivity contribution in [1.82, 2.24) is 24.5 Å². The second-order valence-electron chi connectivity index (χ2n) is 7.88. The van der Waals surface area contributed by atoms with E-state index in [1.54, 1.807) is 7.11 Å². The number of aromatic nitrogens is 5. The number of allylic oxidation sites excluding steroid dienone is 1. The average molecular weight is 459 g/mol. The zero-order chi connectivity index (χ0) is 24.2. The number of para-hydroxylation sites is 1. The number of hydrogen-bond donors (Lipinski definition) is 0. The molecule has 7 heteroatoms. The highest BCUT2D eigenvalue weighted by Crippen LogP contribution is 2.29. The minimum atomic E-state index is 0.393. The largest absolute Gasteiger partial charge is 0.497 e. The fourth-order valence-electron chi connectivity index (χ4n) is 3.88. The molecular weight excluding hydrogens is 436 g/mol. The Morgan fingerprint density at radius 3 is 2.23 bits per heavy atom. The molecule has 0 spiro atoms. The highest BCUT2D eigenvalue weighted by Gasteiger charge is 2.17. The maximum Gasteiger partial charge on any atom is 0.174 e. The molecule has 0 unspecified atom stereocenters. The summed E-state index contributed by atoms with van der Waals surface area (Å²) in [6, 6.07) is 29.6. The zero-order valence-corrected chi connectivity index (χ0v) is 19.3. The predicted octanol–water partition coefficient (Wildman–Crippen LogP) is 5.41. The van der Waals surface area contributed by atoms with Gasteiger partial charge in [-0.1, -0.05) is 48.5 Å². The molecule has 35 heavy (non-hydrogen) atoms. The van der Waals surface area contributed by atoms with Gasteiger partial charge in [-0.3, -0.25) is 0 Å². The second-order valence-corrected chi connectivity index (χ2v) is 7.88. The van der Waals surface area contributed by atoms with E-state index in [1.807, 2.05) is 113 Å². The fourth-order valence-corrected chi connectivity index (χ4v) is 3.88. The van der Waals surface area contributed by atoms with Crippen LogP contribution in [0.2, 0.25) is 0 Å². The molecule has 0 atom stereocenters. The Kier molecular flexibility index (Phi) is 5.93. The number of nitrogens with zero attached hydrogens (tertiary/aromatic N) is 6. The molecule has 0 bridgehead atoms. The maximum absolute atomic E-state index is 10.1. The van der Waals surface area contributed by atoms with Crippen molar-refractivity contribution in [3.63, 3.8) is 0 Å². The first-order valence-electron chi connectivity index (χ1n) is 11.0. The molecule has 170 valence electrons. The molecule has 0 aliphatic heterocycles. The molecule has 2 aromatic heterocycles. The van der Waals surface area contributed by atoms with Gasteiger partial charge in [-0.15, -0.1) is 10.2 Å². The van der Waals surface area contributed by atoms with Crippen LogP contribution in [0.25, 0.3) is 40.0 Å². The highest BCUT2D eigenvalue weighted by atomic mass is 16.5. The third kappa shape index (κ3) is 4.33.